The Morgan fingerprint density at radius 2 is 1.85 bits per heavy atom. The molecule has 41 heavy (non-hydrogen) atoms. The van der Waals surface area contributed by atoms with Crippen LogP contribution in [0.2, 0.25) is 0 Å². The maximum Gasteiger partial charge on any atom is 0.343 e. The summed E-state index contributed by atoms with van der Waals surface area (Å²) in [6.45, 7) is 7.05. The van der Waals surface area contributed by atoms with E-state index in [-0.39, 0.29) is 42.0 Å². The van der Waals surface area contributed by atoms with Crippen molar-refractivity contribution < 1.29 is 38.4 Å². The fraction of sp³-hybridized carbons (Fsp3) is 0.387. The number of hydrogen-bond acceptors (Lipinski definition) is 9. The van der Waals surface area contributed by atoms with Gasteiger partial charge in [0, 0.05) is 24.7 Å². The second-order valence-electron chi connectivity index (χ2n) is 10.7. The molecule has 3 aromatic rings. The monoisotopic (exact) mass is 568 g/mol. The normalized spacial score (nSPS) is 12.9. The van der Waals surface area contributed by atoms with Crippen LogP contribution < -0.4 is 14.8 Å². The van der Waals surface area contributed by atoms with Crippen LogP contribution in [0.15, 0.2) is 54.7 Å². The van der Waals surface area contributed by atoms with E-state index < -0.39 is 30.1 Å². The lowest BCUT2D eigenvalue weighted by atomic mass is 9.97. The van der Waals surface area contributed by atoms with Gasteiger partial charge in [-0.3, -0.25) is 4.79 Å². The highest BCUT2D eigenvalue weighted by Crippen LogP contribution is 2.30. The molecule has 0 aliphatic heterocycles. The van der Waals surface area contributed by atoms with Crippen molar-refractivity contribution in [3.63, 3.8) is 0 Å². The molecule has 0 bridgehead atoms. The number of rotatable bonds is 12. The van der Waals surface area contributed by atoms with Crippen LogP contribution in [0.4, 0.5) is 4.39 Å². The van der Waals surface area contributed by atoms with Crippen molar-refractivity contribution in [3.05, 3.63) is 77.2 Å². The zero-order valence-electron chi connectivity index (χ0n) is 23.9. The summed E-state index contributed by atoms with van der Waals surface area (Å²) in [5.74, 6) is -1.37. The van der Waals surface area contributed by atoms with Crippen molar-refractivity contribution in [2.75, 3.05) is 20.3 Å². The highest BCUT2D eigenvalue weighted by atomic mass is 19.1. The number of aliphatic hydroxyl groups is 2. The van der Waals surface area contributed by atoms with E-state index in [1.165, 1.54) is 19.2 Å². The van der Waals surface area contributed by atoms with Gasteiger partial charge in [0.1, 0.15) is 17.2 Å². The summed E-state index contributed by atoms with van der Waals surface area (Å²) in [6.07, 6.45) is 0.486. The number of nitrogens with one attached hydrogen (secondary N) is 1. The first-order chi connectivity index (χ1) is 19.4. The van der Waals surface area contributed by atoms with E-state index in [0.29, 0.717) is 23.3 Å². The van der Waals surface area contributed by atoms with Crippen LogP contribution in [0, 0.1) is 11.7 Å². The van der Waals surface area contributed by atoms with Crippen molar-refractivity contribution in [2.24, 2.45) is 5.92 Å². The van der Waals surface area contributed by atoms with E-state index in [1.54, 1.807) is 37.3 Å². The molecule has 1 aromatic heterocycles. The quantitative estimate of drug-likeness (QED) is 0.219. The van der Waals surface area contributed by atoms with Gasteiger partial charge in [0.25, 0.3) is 0 Å². The number of pyridine rings is 1. The van der Waals surface area contributed by atoms with E-state index in [0.717, 1.165) is 11.8 Å². The van der Waals surface area contributed by atoms with Crippen LogP contribution in [-0.4, -0.2) is 59.1 Å². The summed E-state index contributed by atoms with van der Waals surface area (Å²) >= 11 is 0. The van der Waals surface area contributed by atoms with Gasteiger partial charge in [-0.2, -0.15) is 0 Å². The standard InChI is InChI=1S/C31H37FN2O7/c1-19(29(37)41-31(2,3)4)11-20-7-6-8-24(12-20)40-30(38)21-9-10-25(22(13-21)15-33-16-23(36)18-35)26-14-28(39-5)34-17-27(26)32/h6-10,12-14,17,19,23,33,35-36H,11,15-16,18H2,1-5H3. The number of ether oxygens (including phenoxy) is 3. The molecule has 0 fully saturated rings. The molecule has 2 atom stereocenters. The minimum absolute atomic E-state index is 0.0846. The lowest BCUT2D eigenvalue weighted by Gasteiger charge is -2.22. The van der Waals surface area contributed by atoms with Gasteiger partial charge in [0.15, 0.2) is 0 Å². The molecule has 10 heteroatoms. The summed E-state index contributed by atoms with van der Waals surface area (Å²) in [5, 5.41) is 21.8. The number of aliphatic hydroxyl groups excluding tert-OH is 2. The summed E-state index contributed by atoms with van der Waals surface area (Å²) in [4.78, 5) is 29.4. The molecule has 0 saturated carbocycles. The fourth-order valence-electron chi connectivity index (χ4n) is 4.05. The van der Waals surface area contributed by atoms with Gasteiger partial charge in [-0.05, 0) is 68.1 Å². The van der Waals surface area contributed by atoms with Crippen molar-refractivity contribution in [2.45, 2.75) is 52.4 Å². The Bertz CT molecular complexity index is 1360. The smallest absolute Gasteiger partial charge is 0.343 e. The molecule has 0 saturated heterocycles. The molecule has 9 nitrogen and oxygen atoms in total. The van der Waals surface area contributed by atoms with Gasteiger partial charge in [-0.25, -0.2) is 14.2 Å². The van der Waals surface area contributed by atoms with Gasteiger partial charge in [-0.1, -0.05) is 25.1 Å². The predicted octanol–water partition coefficient (Wildman–Crippen LogP) is 4.08. The van der Waals surface area contributed by atoms with E-state index in [2.05, 4.69) is 10.3 Å². The lowest BCUT2D eigenvalue weighted by molar-refractivity contribution is -0.159. The Kier molecular flexibility index (Phi) is 10.9. The molecule has 3 N–H and O–H groups in total. The Labute approximate surface area is 239 Å². The second kappa shape index (κ2) is 14.2. The van der Waals surface area contributed by atoms with Crippen molar-refractivity contribution in [1.29, 1.82) is 0 Å². The molecule has 220 valence electrons. The third-order valence-electron chi connectivity index (χ3n) is 6.04. The number of methoxy groups -OCH3 is 1. The predicted molar refractivity (Wildman–Crippen MR) is 151 cm³/mol. The molecular weight excluding hydrogens is 531 g/mol. The maximum atomic E-state index is 14.8. The molecule has 0 aliphatic carbocycles. The van der Waals surface area contributed by atoms with Gasteiger partial charge in [0.05, 0.1) is 37.5 Å². The SMILES string of the molecule is COc1cc(-c2ccc(C(=O)Oc3cccc(CC(C)C(=O)OC(C)(C)C)c3)cc2CNCC(O)CO)c(F)cn1. The van der Waals surface area contributed by atoms with Crippen LogP contribution in [0.1, 0.15) is 49.2 Å². The van der Waals surface area contributed by atoms with Crippen LogP contribution >= 0.6 is 0 Å². The Balaban J connectivity index is 1.82. The highest BCUT2D eigenvalue weighted by molar-refractivity contribution is 5.92. The zero-order valence-corrected chi connectivity index (χ0v) is 23.9. The average Bonchev–Trinajstić information content (AvgIpc) is 2.92. The fourth-order valence-corrected chi connectivity index (χ4v) is 4.05. The van der Waals surface area contributed by atoms with Crippen molar-refractivity contribution in [3.8, 4) is 22.8 Å². The van der Waals surface area contributed by atoms with E-state index in [9.17, 15) is 19.1 Å². The van der Waals surface area contributed by atoms with Gasteiger partial charge < -0.3 is 29.7 Å². The number of carbonyl (C=O) groups is 2. The van der Waals surface area contributed by atoms with E-state index in [1.807, 2.05) is 26.8 Å². The molecule has 2 unspecified atom stereocenters. The van der Waals surface area contributed by atoms with E-state index in [4.69, 9.17) is 19.3 Å². The molecule has 0 aliphatic rings. The number of halogens is 1. The number of esters is 2. The average molecular weight is 569 g/mol. The third-order valence-corrected chi connectivity index (χ3v) is 6.04. The minimum atomic E-state index is -0.977. The van der Waals surface area contributed by atoms with Crippen LogP contribution in [0.25, 0.3) is 11.1 Å². The van der Waals surface area contributed by atoms with Gasteiger partial charge in [-0.15, -0.1) is 0 Å². The van der Waals surface area contributed by atoms with Gasteiger partial charge in [0.2, 0.25) is 5.88 Å². The summed E-state index contributed by atoms with van der Waals surface area (Å²) < 4.78 is 31.0. The molecule has 0 radical (unpaired) electrons. The Morgan fingerprint density at radius 3 is 2.54 bits per heavy atom. The summed E-state index contributed by atoms with van der Waals surface area (Å²) in [5.41, 5.74) is 1.71. The zero-order chi connectivity index (χ0) is 30.2. The number of nitrogens with zero attached hydrogens (tertiary/aromatic N) is 1. The highest BCUT2D eigenvalue weighted by Gasteiger charge is 2.22. The summed E-state index contributed by atoms with van der Waals surface area (Å²) in [7, 11) is 1.43. The molecule has 2 aromatic carbocycles. The maximum absolute atomic E-state index is 14.8. The van der Waals surface area contributed by atoms with Crippen LogP contribution in [0.3, 0.4) is 0 Å². The Hall–Kier alpha value is -3.86. The molecular formula is C31H37FN2O7. The van der Waals surface area contributed by atoms with E-state index >= 15 is 0 Å². The van der Waals surface area contributed by atoms with Crippen molar-refractivity contribution >= 4 is 11.9 Å². The third kappa shape index (κ3) is 9.34. The molecule has 1 heterocycles. The number of benzene rings is 2. The number of carbonyl (C=O) groups excluding carboxylic acids is 2. The lowest BCUT2D eigenvalue weighted by Crippen LogP contribution is -2.29. The first kappa shape index (κ1) is 31.7. The number of aromatic nitrogens is 1. The minimum Gasteiger partial charge on any atom is -0.481 e. The topological polar surface area (TPSA) is 127 Å². The molecule has 3 rings (SSSR count). The summed E-state index contributed by atoms with van der Waals surface area (Å²) in [6, 6.07) is 13.1. The Morgan fingerprint density at radius 1 is 1.10 bits per heavy atom. The van der Waals surface area contributed by atoms with Crippen molar-refractivity contribution in [1.82, 2.24) is 10.3 Å². The van der Waals surface area contributed by atoms with Crippen LogP contribution in [0.5, 0.6) is 11.6 Å². The molecule has 0 spiro atoms. The number of hydrogen-bond donors (Lipinski definition) is 3. The molecule has 0 amide bonds. The first-order valence-electron chi connectivity index (χ1n) is 13.3. The van der Waals surface area contributed by atoms with Crippen LogP contribution in [-0.2, 0) is 22.5 Å². The first-order valence-corrected chi connectivity index (χ1v) is 13.3. The van der Waals surface area contributed by atoms with Gasteiger partial charge >= 0.3 is 11.9 Å². The largest absolute Gasteiger partial charge is 0.481 e. The second-order valence-corrected chi connectivity index (χ2v) is 10.7.